The molecule has 4 rings (SSSR count). The molecule has 0 unspecified atom stereocenters. The minimum Gasteiger partial charge on any atom is -0.378 e. The van der Waals surface area contributed by atoms with Gasteiger partial charge in [0.25, 0.3) is 17.6 Å². The van der Waals surface area contributed by atoms with E-state index in [1.165, 1.54) is 4.52 Å². The zero-order chi connectivity index (χ0) is 17.9. The largest absolute Gasteiger partial charge is 0.378 e. The monoisotopic (exact) mass is 352 g/mol. The van der Waals surface area contributed by atoms with Crippen LogP contribution in [0.2, 0.25) is 0 Å². The van der Waals surface area contributed by atoms with Gasteiger partial charge in [-0.3, -0.25) is 9.59 Å². The van der Waals surface area contributed by atoms with Crippen LogP contribution in [0, 0.1) is 0 Å². The molecular formula is C17H16N6O3. The zero-order valence-corrected chi connectivity index (χ0v) is 13.8. The molecule has 0 radical (unpaired) electrons. The van der Waals surface area contributed by atoms with E-state index in [9.17, 15) is 9.59 Å². The Kier molecular flexibility index (Phi) is 4.28. The van der Waals surface area contributed by atoms with Gasteiger partial charge in [0.15, 0.2) is 0 Å². The van der Waals surface area contributed by atoms with Gasteiger partial charge in [-0.2, -0.15) is 4.98 Å². The van der Waals surface area contributed by atoms with E-state index >= 15 is 0 Å². The molecule has 2 amide bonds. The lowest BCUT2D eigenvalue weighted by atomic mass is 10.1. The molecule has 3 aromatic rings. The summed E-state index contributed by atoms with van der Waals surface area (Å²) in [6.45, 7) is 2.20. The first-order valence-electron chi connectivity index (χ1n) is 8.16. The molecule has 1 aliphatic heterocycles. The van der Waals surface area contributed by atoms with Gasteiger partial charge in [-0.15, -0.1) is 5.10 Å². The third-order valence-corrected chi connectivity index (χ3v) is 3.99. The Labute approximate surface area is 148 Å². The lowest BCUT2D eigenvalue weighted by Gasteiger charge is -2.27. The van der Waals surface area contributed by atoms with Crippen LogP contribution in [0.1, 0.15) is 21.0 Å². The molecule has 0 saturated carbocycles. The van der Waals surface area contributed by atoms with Crippen molar-refractivity contribution in [3.8, 4) is 0 Å². The number of fused-ring (bicyclic) bond motifs is 1. The SMILES string of the molecule is O=C(Nc1cccc(C(=O)N2CCOCC2)c1)c1nc2ncccn2n1. The molecule has 9 heteroatoms. The van der Waals surface area contributed by atoms with Gasteiger partial charge in [0.05, 0.1) is 13.2 Å². The number of aromatic nitrogens is 4. The van der Waals surface area contributed by atoms with Crippen LogP contribution in [0.4, 0.5) is 5.69 Å². The number of hydrogen-bond donors (Lipinski definition) is 1. The van der Waals surface area contributed by atoms with Crippen molar-refractivity contribution in [1.29, 1.82) is 0 Å². The molecule has 3 heterocycles. The van der Waals surface area contributed by atoms with E-state index in [0.717, 1.165) is 0 Å². The Bertz CT molecular complexity index is 931. The van der Waals surface area contributed by atoms with E-state index in [-0.39, 0.29) is 11.7 Å². The molecule has 1 saturated heterocycles. The molecule has 0 atom stereocenters. The summed E-state index contributed by atoms with van der Waals surface area (Å²) < 4.78 is 6.69. The van der Waals surface area contributed by atoms with Crippen molar-refractivity contribution >= 4 is 23.3 Å². The summed E-state index contributed by atoms with van der Waals surface area (Å²) in [6, 6.07) is 8.50. The summed E-state index contributed by atoms with van der Waals surface area (Å²) in [5.41, 5.74) is 1.01. The molecule has 26 heavy (non-hydrogen) atoms. The zero-order valence-electron chi connectivity index (χ0n) is 13.8. The molecule has 0 bridgehead atoms. The summed E-state index contributed by atoms with van der Waals surface area (Å²) in [4.78, 5) is 34.8. The van der Waals surface area contributed by atoms with E-state index in [0.29, 0.717) is 43.3 Å². The lowest BCUT2D eigenvalue weighted by molar-refractivity contribution is 0.0303. The number of rotatable bonds is 3. The highest BCUT2D eigenvalue weighted by Gasteiger charge is 2.19. The number of carbonyl (C=O) groups excluding carboxylic acids is 2. The molecule has 1 fully saturated rings. The van der Waals surface area contributed by atoms with Gasteiger partial charge in [-0.05, 0) is 24.3 Å². The highest BCUT2D eigenvalue weighted by atomic mass is 16.5. The predicted molar refractivity (Wildman–Crippen MR) is 91.9 cm³/mol. The van der Waals surface area contributed by atoms with Crippen molar-refractivity contribution in [3.63, 3.8) is 0 Å². The summed E-state index contributed by atoms with van der Waals surface area (Å²) >= 11 is 0. The first-order chi connectivity index (χ1) is 12.7. The highest BCUT2D eigenvalue weighted by Crippen LogP contribution is 2.14. The number of hydrogen-bond acceptors (Lipinski definition) is 6. The van der Waals surface area contributed by atoms with E-state index in [2.05, 4.69) is 20.4 Å². The average molecular weight is 352 g/mol. The van der Waals surface area contributed by atoms with Gasteiger partial charge in [0.1, 0.15) is 0 Å². The maximum atomic E-state index is 12.5. The molecule has 2 aromatic heterocycles. The summed E-state index contributed by atoms with van der Waals surface area (Å²) in [5.74, 6) is -0.201. The van der Waals surface area contributed by atoms with Crippen molar-refractivity contribution in [2.75, 3.05) is 31.6 Å². The van der Waals surface area contributed by atoms with Crippen LogP contribution in [-0.4, -0.2) is 62.6 Å². The summed E-state index contributed by atoms with van der Waals surface area (Å²) in [7, 11) is 0. The van der Waals surface area contributed by atoms with Gasteiger partial charge >= 0.3 is 0 Å². The summed E-state index contributed by atoms with van der Waals surface area (Å²) in [6.07, 6.45) is 3.24. The van der Waals surface area contributed by atoms with E-state index in [1.54, 1.807) is 47.6 Å². The van der Waals surface area contributed by atoms with Gasteiger partial charge in [0, 0.05) is 36.7 Å². The molecule has 9 nitrogen and oxygen atoms in total. The second-order valence-corrected chi connectivity index (χ2v) is 5.74. The van der Waals surface area contributed by atoms with Crippen LogP contribution in [-0.2, 0) is 4.74 Å². The number of anilines is 1. The van der Waals surface area contributed by atoms with E-state index in [1.807, 2.05) is 0 Å². The fraction of sp³-hybridized carbons (Fsp3) is 0.235. The van der Waals surface area contributed by atoms with Crippen molar-refractivity contribution < 1.29 is 14.3 Å². The molecule has 1 N–H and O–H groups in total. The number of ether oxygens (including phenoxy) is 1. The smallest absolute Gasteiger partial charge is 0.295 e. The third kappa shape index (κ3) is 3.24. The highest BCUT2D eigenvalue weighted by molar-refractivity contribution is 6.03. The van der Waals surface area contributed by atoms with E-state index in [4.69, 9.17) is 4.74 Å². The molecular weight excluding hydrogens is 336 g/mol. The lowest BCUT2D eigenvalue weighted by Crippen LogP contribution is -2.40. The quantitative estimate of drug-likeness (QED) is 0.750. The standard InChI is InChI=1S/C17H16N6O3/c24-15(14-20-17-18-5-2-6-23(17)21-14)19-13-4-1-3-12(11-13)16(25)22-7-9-26-10-8-22/h1-6,11H,7-10H2,(H,19,24). The molecule has 1 aromatic carbocycles. The second kappa shape index (κ2) is 6.89. The topological polar surface area (TPSA) is 102 Å². The van der Waals surface area contributed by atoms with Crippen LogP contribution in [0.3, 0.4) is 0 Å². The van der Waals surface area contributed by atoms with Crippen LogP contribution in [0.5, 0.6) is 0 Å². The first-order valence-corrected chi connectivity index (χ1v) is 8.16. The average Bonchev–Trinajstić information content (AvgIpc) is 3.13. The molecule has 0 spiro atoms. The number of benzene rings is 1. The van der Waals surface area contributed by atoms with Crippen molar-refractivity contribution in [2.24, 2.45) is 0 Å². The van der Waals surface area contributed by atoms with Crippen molar-refractivity contribution in [1.82, 2.24) is 24.5 Å². The van der Waals surface area contributed by atoms with E-state index < -0.39 is 5.91 Å². The van der Waals surface area contributed by atoms with Crippen LogP contribution in [0.25, 0.3) is 5.78 Å². The summed E-state index contributed by atoms with van der Waals surface area (Å²) in [5, 5.41) is 6.80. The Hall–Kier alpha value is -3.33. The minimum absolute atomic E-state index is 0.00797. The Morgan fingerprint density at radius 3 is 2.81 bits per heavy atom. The minimum atomic E-state index is -0.466. The predicted octanol–water partition coefficient (Wildman–Crippen LogP) is 0.849. The van der Waals surface area contributed by atoms with Gasteiger partial charge in [-0.25, -0.2) is 9.50 Å². The second-order valence-electron chi connectivity index (χ2n) is 5.74. The Balaban J connectivity index is 1.51. The van der Waals surface area contributed by atoms with Crippen LogP contribution >= 0.6 is 0 Å². The third-order valence-electron chi connectivity index (χ3n) is 3.99. The number of nitrogens with one attached hydrogen (secondary N) is 1. The van der Waals surface area contributed by atoms with Gasteiger partial charge in [0.2, 0.25) is 5.82 Å². The normalized spacial score (nSPS) is 14.4. The molecule has 0 aliphatic carbocycles. The number of carbonyl (C=O) groups is 2. The Morgan fingerprint density at radius 2 is 2.00 bits per heavy atom. The van der Waals surface area contributed by atoms with Crippen molar-refractivity contribution in [2.45, 2.75) is 0 Å². The van der Waals surface area contributed by atoms with Crippen LogP contribution < -0.4 is 5.32 Å². The fourth-order valence-electron chi connectivity index (χ4n) is 2.69. The first kappa shape index (κ1) is 16.2. The number of morpholine rings is 1. The molecule has 132 valence electrons. The van der Waals surface area contributed by atoms with Crippen molar-refractivity contribution in [3.05, 3.63) is 54.1 Å². The molecule has 1 aliphatic rings. The maximum Gasteiger partial charge on any atom is 0.295 e. The van der Waals surface area contributed by atoms with Crippen LogP contribution in [0.15, 0.2) is 42.7 Å². The maximum absolute atomic E-state index is 12.5. The number of nitrogens with zero attached hydrogens (tertiary/aromatic N) is 5. The Morgan fingerprint density at radius 1 is 1.15 bits per heavy atom. The van der Waals surface area contributed by atoms with Gasteiger partial charge < -0.3 is 15.0 Å². The number of amides is 2. The van der Waals surface area contributed by atoms with Gasteiger partial charge in [-0.1, -0.05) is 6.07 Å². The fourth-order valence-corrected chi connectivity index (χ4v) is 2.69.